The standard InChI is InChI=1S/C20H28N2O2/c1-3-4-7-16-9-11-17(12-10-16)20(23)24-14-18-15(2)21-19-8-5-6-13-22(18)19/h5-6,8,13,16-17H,3-4,7,9-12,14H2,1-2H3. The second-order valence-corrected chi connectivity index (χ2v) is 7.04. The van der Waals surface area contributed by atoms with Gasteiger partial charge in [0.2, 0.25) is 0 Å². The highest BCUT2D eigenvalue weighted by molar-refractivity contribution is 5.72. The number of pyridine rings is 1. The molecule has 0 spiro atoms. The minimum atomic E-state index is -0.0331. The van der Waals surface area contributed by atoms with Crippen LogP contribution in [0.5, 0.6) is 0 Å². The first-order chi connectivity index (χ1) is 11.7. The van der Waals surface area contributed by atoms with Crippen LogP contribution in [0, 0.1) is 18.8 Å². The molecule has 1 saturated carbocycles. The van der Waals surface area contributed by atoms with Crippen molar-refractivity contribution in [2.24, 2.45) is 11.8 Å². The monoisotopic (exact) mass is 328 g/mol. The number of rotatable bonds is 6. The number of fused-ring (bicyclic) bond motifs is 1. The van der Waals surface area contributed by atoms with Gasteiger partial charge in [0.1, 0.15) is 12.3 Å². The summed E-state index contributed by atoms with van der Waals surface area (Å²) in [5.41, 5.74) is 2.80. The van der Waals surface area contributed by atoms with E-state index in [1.807, 2.05) is 35.7 Å². The van der Waals surface area contributed by atoms with E-state index in [0.717, 1.165) is 35.8 Å². The van der Waals surface area contributed by atoms with Crippen LogP contribution >= 0.6 is 0 Å². The van der Waals surface area contributed by atoms with Crippen molar-refractivity contribution in [3.63, 3.8) is 0 Å². The zero-order chi connectivity index (χ0) is 16.9. The number of aryl methyl sites for hydroxylation is 1. The Kier molecular flexibility index (Phi) is 5.54. The summed E-state index contributed by atoms with van der Waals surface area (Å²) >= 11 is 0. The number of carbonyl (C=O) groups excluding carboxylic acids is 1. The third-order valence-electron chi connectivity index (χ3n) is 5.33. The van der Waals surface area contributed by atoms with E-state index < -0.39 is 0 Å². The smallest absolute Gasteiger partial charge is 0.309 e. The first kappa shape index (κ1) is 17.0. The largest absolute Gasteiger partial charge is 0.459 e. The molecule has 0 saturated heterocycles. The molecule has 2 aromatic heterocycles. The van der Waals surface area contributed by atoms with Crippen LogP contribution < -0.4 is 0 Å². The Morgan fingerprint density at radius 3 is 2.83 bits per heavy atom. The molecule has 0 unspecified atom stereocenters. The number of unbranched alkanes of at least 4 members (excludes halogenated alkanes) is 1. The Labute approximate surface area is 144 Å². The Morgan fingerprint density at radius 1 is 1.29 bits per heavy atom. The Bertz CT molecular complexity index is 684. The quantitative estimate of drug-likeness (QED) is 0.723. The molecule has 130 valence electrons. The third kappa shape index (κ3) is 3.80. The molecule has 0 aromatic carbocycles. The lowest BCUT2D eigenvalue weighted by Crippen LogP contribution is -2.24. The molecule has 1 aliphatic rings. The number of hydrogen-bond donors (Lipinski definition) is 0. The van der Waals surface area contributed by atoms with Crippen LogP contribution in [-0.4, -0.2) is 15.4 Å². The maximum Gasteiger partial charge on any atom is 0.309 e. The van der Waals surface area contributed by atoms with Crippen LogP contribution in [0.4, 0.5) is 0 Å². The maximum absolute atomic E-state index is 12.4. The minimum absolute atomic E-state index is 0.0331. The van der Waals surface area contributed by atoms with Crippen LogP contribution in [0.15, 0.2) is 24.4 Å². The van der Waals surface area contributed by atoms with E-state index in [1.54, 1.807) is 0 Å². The van der Waals surface area contributed by atoms with Crippen LogP contribution in [0.3, 0.4) is 0 Å². The molecule has 3 rings (SSSR count). The summed E-state index contributed by atoms with van der Waals surface area (Å²) < 4.78 is 7.64. The number of aromatic nitrogens is 2. The number of imidazole rings is 1. The molecule has 1 aliphatic carbocycles. The van der Waals surface area contributed by atoms with Crippen molar-refractivity contribution in [1.29, 1.82) is 0 Å². The fourth-order valence-corrected chi connectivity index (χ4v) is 3.78. The highest BCUT2D eigenvalue weighted by atomic mass is 16.5. The van der Waals surface area contributed by atoms with Gasteiger partial charge in [-0.3, -0.25) is 4.79 Å². The maximum atomic E-state index is 12.4. The predicted molar refractivity (Wildman–Crippen MR) is 94.7 cm³/mol. The molecule has 4 heteroatoms. The van der Waals surface area contributed by atoms with E-state index in [1.165, 1.54) is 32.1 Å². The third-order valence-corrected chi connectivity index (χ3v) is 5.33. The van der Waals surface area contributed by atoms with Gasteiger partial charge in [-0.25, -0.2) is 4.98 Å². The second-order valence-electron chi connectivity index (χ2n) is 7.04. The van der Waals surface area contributed by atoms with E-state index in [9.17, 15) is 4.79 Å². The van der Waals surface area contributed by atoms with E-state index in [4.69, 9.17) is 4.74 Å². The van der Waals surface area contributed by atoms with Gasteiger partial charge in [-0.05, 0) is 50.7 Å². The summed E-state index contributed by atoms with van der Waals surface area (Å²) in [4.78, 5) is 16.9. The number of ether oxygens (including phenoxy) is 1. The number of esters is 1. The molecular weight excluding hydrogens is 300 g/mol. The highest BCUT2D eigenvalue weighted by Crippen LogP contribution is 2.32. The predicted octanol–water partition coefficient (Wildman–Crippen LogP) is 4.68. The fraction of sp³-hybridized carbons (Fsp3) is 0.600. The van der Waals surface area contributed by atoms with E-state index in [0.29, 0.717) is 6.61 Å². The normalized spacial score (nSPS) is 21.1. The van der Waals surface area contributed by atoms with Crippen LogP contribution in [0.25, 0.3) is 5.65 Å². The van der Waals surface area contributed by atoms with Gasteiger partial charge in [0.05, 0.1) is 17.3 Å². The van der Waals surface area contributed by atoms with Crippen molar-refractivity contribution in [2.75, 3.05) is 0 Å². The summed E-state index contributed by atoms with van der Waals surface area (Å²) in [5.74, 6) is 0.867. The fourth-order valence-electron chi connectivity index (χ4n) is 3.78. The van der Waals surface area contributed by atoms with Crippen LogP contribution in [-0.2, 0) is 16.1 Å². The summed E-state index contributed by atoms with van der Waals surface area (Å²) in [7, 11) is 0. The number of carbonyl (C=O) groups is 1. The molecule has 24 heavy (non-hydrogen) atoms. The van der Waals surface area contributed by atoms with Crippen molar-refractivity contribution in [2.45, 2.75) is 65.4 Å². The first-order valence-electron chi connectivity index (χ1n) is 9.28. The number of hydrogen-bond acceptors (Lipinski definition) is 3. The Balaban J connectivity index is 1.53. The average molecular weight is 328 g/mol. The van der Waals surface area contributed by atoms with Gasteiger partial charge in [-0.2, -0.15) is 0 Å². The molecule has 2 aromatic rings. The molecule has 2 heterocycles. The highest BCUT2D eigenvalue weighted by Gasteiger charge is 2.27. The van der Waals surface area contributed by atoms with Gasteiger partial charge in [0.15, 0.2) is 0 Å². The van der Waals surface area contributed by atoms with Crippen LogP contribution in [0.2, 0.25) is 0 Å². The summed E-state index contributed by atoms with van der Waals surface area (Å²) in [6, 6.07) is 5.90. The van der Waals surface area contributed by atoms with Crippen molar-refractivity contribution in [3.8, 4) is 0 Å². The summed E-state index contributed by atoms with van der Waals surface area (Å²) in [6.45, 7) is 4.52. The van der Waals surface area contributed by atoms with Gasteiger partial charge in [0, 0.05) is 6.20 Å². The molecule has 0 amide bonds. The lowest BCUT2D eigenvalue weighted by molar-refractivity contribution is -0.151. The second kappa shape index (κ2) is 7.82. The minimum Gasteiger partial charge on any atom is -0.459 e. The van der Waals surface area contributed by atoms with Crippen molar-refractivity contribution in [1.82, 2.24) is 9.38 Å². The molecule has 0 atom stereocenters. The van der Waals surface area contributed by atoms with Crippen LogP contribution in [0.1, 0.15) is 63.3 Å². The zero-order valence-electron chi connectivity index (χ0n) is 14.8. The van der Waals surface area contributed by atoms with Gasteiger partial charge in [0.25, 0.3) is 0 Å². The van der Waals surface area contributed by atoms with Crippen molar-refractivity contribution >= 4 is 11.6 Å². The Morgan fingerprint density at radius 2 is 2.08 bits per heavy atom. The average Bonchev–Trinajstić information content (AvgIpc) is 2.93. The molecule has 0 N–H and O–H groups in total. The molecule has 4 nitrogen and oxygen atoms in total. The molecule has 0 aliphatic heterocycles. The molecule has 0 bridgehead atoms. The first-order valence-corrected chi connectivity index (χ1v) is 9.28. The Hall–Kier alpha value is -1.84. The summed E-state index contributed by atoms with van der Waals surface area (Å²) in [6.07, 6.45) is 10.2. The lowest BCUT2D eigenvalue weighted by atomic mass is 9.80. The lowest BCUT2D eigenvalue weighted by Gasteiger charge is -2.27. The topological polar surface area (TPSA) is 43.6 Å². The molecule has 0 radical (unpaired) electrons. The zero-order valence-corrected chi connectivity index (χ0v) is 14.8. The SMILES string of the molecule is CCCCC1CCC(C(=O)OCc2c(C)nc3ccccn23)CC1. The van der Waals surface area contributed by atoms with Gasteiger partial charge in [-0.15, -0.1) is 0 Å². The van der Waals surface area contributed by atoms with Crippen molar-refractivity contribution < 1.29 is 9.53 Å². The van der Waals surface area contributed by atoms with Gasteiger partial charge < -0.3 is 9.14 Å². The summed E-state index contributed by atoms with van der Waals surface area (Å²) in [5, 5.41) is 0. The van der Waals surface area contributed by atoms with E-state index >= 15 is 0 Å². The molecular formula is C20H28N2O2. The van der Waals surface area contributed by atoms with E-state index in [2.05, 4.69) is 11.9 Å². The molecule has 1 fully saturated rings. The van der Waals surface area contributed by atoms with E-state index in [-0.39, 0.29) is 11.9 Å². The number of nitrogens with zero attached hydrogens (tertiary/aromatic N) is 2. The van der Waals surface area contributed by atoms with Gasteiger partial charge >= 0.3 is 5.97 Å². The van der Waals surface area contributed by atoms with Gasteiger partial charge in [-0.1, -0.05) is 32.3 Å². The van der Waals surface area contributed by atoms with Crippen molar-refractivity contribution in [3.05, 3.63) is 35.8 Å².